The first-order chi connectivity index (χ1) is 9.97. The third-order valence-corrected chi connectivity index (χ3v) is 4.31. The summed E-state index contributed by atoms with van der Waals surface area (Å²) in [7, 11) is -3.53. The summed E-state index contributed by atoms with van der Waals surface area (Å²) in [6.07, 6.45) is 2.94. The molecule has 110 valence electrons. The molecule has 7 heteroatoms. The fourth-order valence-corrected chi connectivity index (χ4v) is 3.26. The minimum atomic E-state index is -3.53. The maximum Gasteiger partial charge on any atom is 0.247 e. The highest BCUT2D eigenvalue weighted by Gasteiger charge is 2.36. The summed E-state index contributed by atoms with van der Waals surface area (Å²) in [5, 5.41) is 14.1. The van der Waals surface area contributed by atoms with E-state index in [2.05, 4.69) is 5.10 Å². The van der Waals surface area contributed by atoms with Crippen LogP contribution in [0.5, 0.6) is 5.75 Å². The summed E-state index contributed by atoms with van der Waals surface area (Å²) in [5.41, 5.74) is 1.04. The van der Waals surface area contributed by atoms with Crippen molar-refractivity contribution < 1.29 is 17.9 Å². The number of phenols is 1. The van der Waals surface area contributed by atoms with Gasteiger partial charge in [0.2, 0.25) is 10.0 Å². The SMILES string of the molecule is CS(=O)(=O)N1N=C(c2ccccc2O)CC1c1ccco1. The fourth-order valence-electron chi connectivity index (χ4n) is 2.37. The van der Waals surface area contributed by atoms with Gasteiger partial charge in [0.1, 0.15) is 17.6 Å². The molecule has 1 aliphatic rings. The molecule has 1 unspecified atom stereocenters. The van der Waals surface area contributed by atoms with Crippen molar-refractivity contribution in [2.45, 2.75) is 12.5 Å². The summed E-state index contributed by atoms with van der Waals surface area (Å²) in [6, 6.07) is 9.61. The van der Waals surface area contributed by atoms with Crippen LogP contribution in [-0.2, 0) is 10.0 Å². The molecule has 21 heavy (non-hydrogen) atoms. The van der Waals surface area contributed by atoms with Gasteiger partial charge in [0.25, 0.3) is 0 Å². The molecule has 0 aliphatic carbocycles. The zero-order valence-corrected chi connectivity index (χ0v) is 12.1. The second-order valence-electron chi connectivity index (χ2n) is 4.83. The Morgan fingerprint density at radius 3 is 2.67 bits per heavy atom. The summed E-state index contributed by atoms with van der Waals surface area (Å²) in [6.45, 7) is 0. The van der Waals surface area contributed by atoms with Crippen LogP contribution in [0.25, 0.3) is 0 Å². The minimum Gasteiger partial charge on any atom is -0.507 e. The van der Waals surface area contributed by atoms with Gasteiger partial charge in [0.05, 0.1) is 18.2 Å². The van der Waals surface area contributed by atoms with Crippen LogP contribution in [0.2, 0.25) is 0 Å². The third-order valence-electron chi connectivity index (χ3n) is 3.30. The van der Waals surface area contributed by atoms with Gasteiger partial charge in [-0.15, -0.1) is 0 Å². The zero-order chi connectivity index (χ0) is 15.0. The average Bonchev–Trinajstić information content (AvgIpc) is 3.07. The van der Waals surface area contributed by atoms with Gasteiger partial charge in [-0.1, -0.05) is 12.1 Å². The third kappa shape index (κ3) is 2.52. The number of aromatic hydroxyl groups is 1. The molecule has 2 heterocycles. The molecule has 0 radical (unpaired) electrons. The van der Waals surface area contributed by atoms with E-state index in [1.54, 1.807) is 36.4 Å². The smallest absolute Gasteiger partial charge is 0.247 e. The molecule has 0 spiro atoms. The average molecular weight is 306 g/mol. The summed E-state index contributed by atoms with van der Waals surface area (Å²) < 4.78 is 30.2. The second kappa shape index (κ2) is 4.92. The van der Waals surface area contributed by atoms with Crippen LogP contribution >= 0.6 is 0 Å². The fraction of sp³-hybridized carbons (Fsp3) is 0.214. The molecule has 6 nitrogen and oxygen atoms in total. The number of hydrogen-bond donors (Lipinski definition) is 1. The number of sulfonamides is 1. The van der Waals surface area contributed by atoms with E-state index >= 15 is 0 Å². The minimum absolute atomic E-state index is 0.0739. The van der Waals surface area contributed by atoms with E-state index in [-0.39, 0.29) is 5.75 Å². The zero-order valence-electron chi connectivity index (χ0n) is 11.3. The molecule has 0 saturated heterocycles. The Morgan fingerprint density at radius 2 is 2.05 bits per heavy atom. The van der Waals surface area contributed by atoms with Crippen LogP contribution in [-0.4, -0.2) is 29.9 Å². The molecule has 3 rings (SSSR count). The second-order valence-corrected chi connectivity index (χ2v) is 6.67. The van der Waals surface area contributed by atoms with Crippen molar-refractivity contribution in [1.29, 1.82) is 0 Å². The van der Waals surface area contributed by atoms with Crippen molar-refractivity contribution in [2.75, 3.05) is 6.26 Å². The Bertz CT molecular complexity index is 781. The number of rotatable bonds is 3. The van der Waals surface area contributed by atoms with Crippen LogP contribution in [0.4, 0.5) is 0 Å². The summed E-state index contributed by atoms with van der Waals surface area (Å²) in [4.78, 5) is 0. The molecule has 0 fully saturated rings. The number of hydrogen-bond acceptors (Lipinski definition) is 5. The Hall–Kier alpha value is -2.28. The van der Waals surface area contributed by atoms with E-state index in [0.29, 0.717) is 23.5 Å². The van der Waals surface area contributed by atoms with Gasteiger partial charge < -0.3 is 9.52 Å². The van der Waals surface area contributed by atoms with Gasteiger partial charge in [-0.25, -0.2) is 8.42 Å². The highest BCUT2D eigenvalue weighted by Crippen LogP contribution is 2.36. The number of hydrazone groups is 1. The predicted octanol–water partition coefficient (Wildman–Crippen LogP) is 2.10. The van der Waals surface area contributed by atoms with Crippen molar-refractivity contribution in [3.05, 3.63) is 54.0 Å². The first-order valence-electron chi connectivity index (χ1n) is 6.35. The molecule has 2 aromatic rings. The molecule has 1 aliphatic heterocycles. The predicted molar refractivity (Wildman–Crippen MR) is 77.4 cm³/mol. The normalized spacial score (nSPS) is 18.8. The van der Waals surface area contributed by atoms with Gasteiger partial charge in [0.15, 0.2) is 0 Å². The first-order valence-corrected chi connectivity index (χ1v) is 8.20. The molecular formula is C14H14N2O4S. The molecule has 0 saturated carbocycles. The van der Waals surface area contributed by atoms with Crippen molar-refractivity contribution in [3.8, 4) is 5.75 Å². The monoisotopic (exact) mass is 306 g/mol. The molecule has 1 aromatic heterocycles. The highest BCUT2D eigenvalue weighted by molar-refractivity contribution is 7.88. The van der Waals surface area contributed by atoms with Gasteiger partial charge in [-0.05, 0) is 24.3 Å². The Labute approximate surface area is 122 Å². The number of benzene rings is 1. The lowest BCUT2D eigenvalue weighted by atomic mass is 10.0. The van der Waals surface area contributed by atoms with Crippen molar-refractivity contribution >= 4 is 15.7 Å². The molecule has 1 N–H and O–H groups in total. The van der Waals surface area contributed by atoms with Crippen LogP contribution in [0, 0.1) is 0 Å². The van der Waals surface area contributed by atoms with Crippen LogP contribution in [0.1, 0.15) is 23.8 Å². The van der Waals surface area contributed by atoms with E-state index in [9.17, 15) is 13.5 Å². The van der Waals surface area contributed by atoms with Crippen LogP contribution < -0.4 is 0 Å². The largest absolute Gasteiger partial charge is 0.507 e. The van der Waals surface area contributed by atoms with Gasteiger partial charge in [-0.2, -0.15) is 9.52 Å². The van der Waals surface area contributed by atoms with Crippen molar-refractivity contribution in [2.24, 2.45) is 5.10 Å². The van der Waals surface area contributed by atoms with Crippen LogP contribution in [0.3, 0.4) is 0 Å². The topological polar surface area (TPSA) is 83.1 Å². The van der Waals surface area contributed by atoms with Gasteiger partial charge >= 0.3 is 0 Å². The van der Waals surface area contributed by atoms with E-state index in [0.717, 1.165) is 10.7 Å². The lowest BCUT2D eigenvalue weighted by molar-refractivity contribution is 0.322. The van der Waals surface area contributed by atoms with Gasteiger partial charge in [0, 0.05) is 12.0 Å². The lowest BCUT2D eigenvalue weighted by Crippen LogP contribution is -2.25. The van der Waals surface area contributed by atoms with E-state index in [1.807, 2.05) is 0 Å². The number of para-hydroxylation sites is 1. The molecule has 0 amide bonds. The lowest BCUT2D eigenvalue weighted by Gasteiger charge is -2.18. The Kier molecular flexibility index (Phi) is 3.21. The standard InChI is InChI=1S/C14H14N2O4S/c1-21(18,19)16-12(14-7-4-8-20-14)9-11(15-16)10-5-2-3-6-13(10)17/h2-8,12,17H,9H2,1H3. The number of nitrogens with zero attached hydrogens (tertiary/aromatic N) is 2. The number of phenolic OH excluding ortho intramolecular Hbond substituents is 1. The summed E-state index contributed by atoms with van der Waals surface area (Å²) in [5.74, 6) is 0.597. The Balaban J connectivity index is 2.04. The number of furan rings is 1. The maximum absolute atomic E-state index is 11.9. The maximum atomic E-state index is 11.9. The van der Waals surface area contributed by atoms with Crippen molar-refractivity contribution in [1.82, 2.24) is 4.41 Å². The molecule has 0 bridgehead atoms. The molecule has 1 aromatic carbocycles. The Morgan fingerprint density at radius 1 is 1.29 bits per heavy atom. The quantitative estimate of drug-likeness (QED) is 0.941. The van der Waals surface area contributed by atoms with Crippen LogP contribution in [0.15, 0.2) is 52.2 Å². The molecule has 1 atom stereocenters. The summed E-state index contributed by atoms with van der Waals surface area (Å²) >= 11 is 0. The first kappa shape index (κ1) is 13.7. The molecular weight excluding hydrogens is 292 g/mol. The van der Waals surface area contributed by atoms with E-state index < -0.39 is 16.1 Å². The van der Waals surface area contributed by atoms with E-state index in [1.165, 1.54) is 6.26 Å². The highest BCUT2D eigenvalue weighted by atomic mass is 32.2. The van der Waals surface area contributed by atoms with E-state index in [4.69, 9.17) is 4.42 Å². The van der Waals surface area contributed by atoms with Gasteiger partial charge in [-0.3, -0.25) is 0 Å². The van der Waals surface area contributed by atoms with Crippen molar-refractivity contribution in [3.63, 3.8) is 0 Å².